The van der Waals surface area contributed by atoms with Crippen LogP contribution >= 0.6 is 11.6 Å². The summed E-state index contributed by atoms with van der Waals surface area (Å²) in [4.78, 5) is 46.1. The van der Waals surface area contributed by atoms with Crippen molar-refractivity contribution in [3.8, 4) is 17.0 Å². The van der Waals surface area contributed by atoms with Gasteiger partial charge in [0.2, 0.25) is 11.7 Å². The molecule has 2 fully saturated rings. The van der Waals surface area contributed by atoms with Gasteiger partial charge < -0.3 is 30.2 Å². The maximum Gasteiger partial charge on any atom is 0.291 e. The van der Waals surface area contributed by atoms with Crippen molar-refractivity contribution in [2.24, 2.45) is 18.7 Å². The fourth-order valence-electron chi connectivity index (χ4n) is 5.13. The van der Waals surface area contributed by atoms with Crippen LogP contribution in [-0.4, -0.2) is 76.4 Å². The molecule has 2 aliphatic rings. The Morgan fingerprint density at radius 3 is 2.37 bits per heavy atom. The van der Waals surface area contributed by atoms with E-state index in [1.54, 1.807) is 15.9 Å². The minimum Gasteiger partial charge on any atom is -0.494 e. The molecule has 1 saturated heterocycles. The molecule has 0 spiro atoms. The quantitative estimate of drug-likeness (QED) is 0.457. The minimum absolute atomic E-state index is 0.0200. The number of piperazine rings is 1. The maximum absolute atomic E-state index is 14.6. The lowest BCUT2D eigenvalue weighted by molar-refractivity contribution is -0.140. The molecule has 1 saturated carbocycles. The maximum atomic E-state index is 14.6. The van der Waals surface area contributed by atoms with Crippen molar-refractivity contribution in [1.29, 1.82) is 0 Å². The van der Waals surface area contributed by atoms with Crippen molar-refractivity contribution in [3.63, 3.8) is 0 Å². The Labute approximate surface area is 240 Å². The van der Waals surface area contributed by atoms with Crippen molar-refractivity contribution < 1.29 is 27.9 Å². The first kappa shape index (κ1) is 28.5. The molecule has 216 valence electrons. The molecule has 2 heterocycles. The molecule has 2 aromatic carbocycles. The van der Waals surface area contributed by atoms with Gasteiger partial charge in [-0.25, -0.2) is 9.37 Å². The van der Waals surface area contributed by atoms with Gasteiger partial charge in [0.25, 0.3) is 11.8 Å². The number of benzene rings is 2. The number of methoxy groups -OCH3 is 1. The van der Waals surface area contributed by atoms with Crippen LogP contribution in [0.5, 0.6) is 5.75 Å². The lowest BCUT2D eigenvalue weighted by atomic mass is 9.80. The van der Waals surface area contributed by atoms with Crippen LogP contribution < -0.4 is 15.8 Å². The number of halogens is 3. The average Bonchev–Trinajstić information content (AvgIpc) is 3.33. The van der Waals surface area contributed by atoms with Crippen molar-refractivity contribution in [3.05, 3.63) is 64.6 Å². The molecule has 3 aromatic rings. The van der Waals surface area contributed by atoms with Crippen molar-refractivity contribution in [1.82, 2.24) is 19.4 Å². The third-order valence-electron chi connectivity index (χ3n) is 7.59. The van der Waals surface area contributed by atoms with Gasteiger partial charge in [-0.3, -0.25) is 14.4 Å². The van der Waals surface area contributed by atoms with Gasteiger partial charge in [-0.2, -0.15) is 4.39 Å². The molecule has 13 heteroatoms. The highest BCUT2D eigenvalue weighted by Gasteiger charge is 2.36. The van der Waals surface area contributed by atoms with Gasteiger partial charge in [-0.15, -0.1) is 0 Å². The molecule has 1 aliphatic carbocycles. The van der Waals surface area contributed by atoms with E-state index in [-0.39, 0.29) is 57.2 Å². The number of ether oxygens (including phenoxy) is 1. The average molecular weight is 587 g/mol. The zero-order valence-electron chi connectivity index (χ0n) is 22.5. The van der Waals surface area contributed by atoms with Crippen molar-refractivity contribution in [2.75, 3.05) is 38.6 Å². The number of nitrogens with zero attached hydrogens (tertiary/aromatic N) is 4. The third-order valence-corrected chi connectivity index (χ3v) is 7.91. The van der Waals surface area contributed by atoms with Crippen molar-refractivity contribution >= 4 is 35.0 Å². The number of amides is 3. The number of hydrogen-bond donors (Lipinski definition) is 2. The third kappa shape index (κ3) is 5.49. The molecular weight excluding hydrogens is 558 g/mol. The summed E-state index contributed by atoms with van der Waals surface area (Å²) in [5.41, 5.74) is 6.49. The Balaban J connectivity index is 1.23. The summed E-state index contributed by atoms with van der Waals surface area (Å²) < 4.78 is 35.0. The second-order valence-electron chi connectivity index (χ2n) is 10.2. The van der Waals surface area contributed by atoms with E-state index in [0.29, 0.717) is 44.7 Å². The molecule has 10 nitrogen and oxygen atoms in total. The predicted molar refractivity (Wildman–Crippen MR) is 148 cm³/mol. The lowest BCUT2D eigenvalue weighted by Crippen LogP contribution is -2.54. The first-order chi connectivity index (χ1) is 19.6. The van der Waals surface area contributed by atoms with Crippen LogP contribution in [0.15, 0.2) is 36.5 Å². The van der Waals surface area contributed by atoms with Crippen LogP contribution in [0.2, 0.25) is 5.02 Å². The minimum atomic E-state index is -1.14. The second kappa shape index (κ2) is 11.5. The van der Waals surface area contributed by atoms with Gasteiger partial charge >= 0.3 is 0 Å². The summed E-state index contributed by atoms with van der Waals surface area (Å²) in [5.74, 6) is -3.37. The highest BCUT2D eigenvalue weighted by atomic mass is 35.5. The molecule has 0 atom stereocenters. The molecule has 0 unspecified atom stereocenters. The number of aromatic nitrogens is 2. The van der Waals surface area contributed by atoms with Crippen LogP contribution in [0.1, 0.15) is 33.8 Å². The van der Waals surface area contributed by atoms with Gasteiger partial charge in [0.15, 0.2) is 17.4 Å². The van der Waals surface area contributed by atoms with E-state index in [4.69, 9.17) is 22.1 Å². The molecule has 3 amide bonds. The van der Waals surface area contributed by atoms with Gasteiger partial charge in [0.05, 0.1) is 29.6 Å². The van der Waals surface area contributed by atoms with Gasteiger partial charge in [-0.05, 0) is 43.2 Å². The number of nitrogens with two attached hydrogens (primary N) is 1. The van der Waals surface area contributed by atoms with Gasteiger partial charge in [0, 0.05) is 56.4 Å². The van der Waals surface area contributed by atoms with E-state index in [1.807, 2.05) is 0 Å². The van der Waals surface area contributed by atoms with Crippen LogP contribution in [0, 0.1) is 17.6 Å². The van der Waals surface area contributed by atoms with Crippen molar-refractivity contribution in [2.45, 2.75) is 18.9 Å². The van der Waals surface area contributed by atoms with E-state index in [9.17, 15) is 23.2 Å². The van der Waals surface area contributed by atoms with E-state index < -0.39 is 17.5 Å². The smallest absolute Gasteiger partial charge is 0.291 e. The normalized spacial score (nSPS) is 18.6. The standard InChI is InChI=1S/C28H29ClF2N6O4/c1-35-21(19-5-6-22(41-2)24(31)23(19)30)14-33-25(35)26(38)34-17-3-4-18(20(29)13-17)28(40)37-9-7-36(8-10-37)27(39)15-11-16(32)12-15/h3-6,13-16H,7-12,32H2,1-2H3,(H,34,38). The number of nitrogens with one attached hydrogen (secondary N) is 1. The molecule has 5 rings (SSSR count). The summed E-state index contributed by atoms with van der Waals surface area (Å²) in [6.45, 7) is 1.66. The van der Waals surface area contributed by atoms with E-state index in [2.05, 4.69) is 10.3 Å². The monoisotopic (exact) mass is 586 g/mol. The topological polar surface area (TPSA) is 123 Å². The number of hydrogen-bond acceptors (Lipinski definition) is 6. The Bertz CT molecular complexity index is 1520. The molecule has 3 N–H and O–H groups in total. The summed E-state index contributed by atoms with van der Waals surface area (Å²) in [6, 6.07) is 7.24. The van der Waals surface area contributed by atoms with Gasteiger partial charge in [0.1, 0.15) is 0 Å². The number of rotatable bonds is 6. The van der Waals surface area contributed by atoms with Crippen LogP contribution in [-0.2, 0) is 11.8 Å². The first-order valence-corrected chi connectivity index (χ1v) is 13.5. The fourth-order valence-corrected chi connectivity index (χ4v) is 5.39. The predicted octanol–water partition coefficient (Wildman–Crippen LogP) is 3.30. The summed E-state index contributed by atoms with van der Waals surface area (Å²) in [6.07, 6.45) is 2.68. The Morgan fingerprint density at radius 2 is 1.73 bits per heavy atom. The van der Waals surface area contributed by atoms with Crippen LogP contribution in [0.4, 0.5) is 14.5 Å². The molecular formula is C28H29ClF2N6O4. The van der Waals surface area contributed by atoms with E-state index in [1.165, 1.54) is 49.2 Å². The zero-order valence-corrected chi connectivity index (χ0v) is 23.3. The highest BCUT2D eigenvalue weighted by molar-refractivity contribution is 6.34. The van der Waals surface area contributed by atoms with Crippen LogP contribution in [0.3, 0.4) is 0 Å². The van der Waals surface area contributed by atoms with Crippen LogP contribution in [0.25, 0.3) is 11.3 Å². The Hall–Kier alpha value is -4.03. The molecule has 0 radical (unpaired) electrons. The SMILES string of the molecule is COc1ccc(-c2cnc(C(=O)Nc3ccc(C(=O)N4CCN(C(=O)C5CC(N)C5)CC4)c(Cl)c3)n2C)c(F)c1F. The largest absolute Gasteiger partial charge is 0.494 e. The summed E-state index contributed by atoms with van der Waals surface area (Å²) in [5, 5.41) is 2.81. The molecule has 0 bridgehead atoms. The lowest BCUT2D eigenvalue weighted by Gasteiger charge is -2.40. The molecule has 1 aromatic heterocycles. The second-order valence-corrected chi connectivity index (χ2v) is 10.6. The van der Waals surface area contributed by atoms with E-state index in [0.717, 1.165) is 0 Å². The fraction of sp³-hybridized carbons (Fsp3) is 0.357. The number of carbonyl (C=O) groups is 3. The highest BCUT2D eigenvalue weighted by Crippen LogP contribution is 2.31. The number of anilines is 1. The molecule has 1 aliphatic heterocycles. The van der Waals surface area contributed by atoms with Gasteiger partial charge in [-0.1, -0.05) is 11.6 Å². The Morgan fingerprint density at radius 1 is 1.05 bits per heavy atom. The summed E-state index contributed by atoms with van der Waals surface area (Å²) in [7, 11) is 2.73. The summed E-state index contributed by atoms with van der Waals surface area (Å²) >= 11 is 6.42. The Kier molecular flexibility index (Phi) is 7.96. The number of carbonyl (C=O) groups excluding carboxylic acids is 3. The zero-order chi connectivity index (χ0) is 29.4. The number of imidazole rings is 1. The van der Waals surface area contributed by atoms with E-state index >= 15 is 0 Å². The first-order valence-electron chi connectivity index (χ1n) is 13.1. The molecule has 41 heavy (non-hydrogen) atoms.